The summed E-state index contributed by atoms with van der Waals surface area (Å²) in [4.78, 5) is 14.0. The van der Waals surface area contributed by atoms with Crippen LogP contribution in [0.25, 0.3) is 0 Å². The third-order valence-corrected chi connectivity index (χ3v) is 3.39. The van der Waals surface area contributed by atoms with E-state index in [1.165, 1.54) is 0 Å². The number of carbonyl (C=O) groups is 1. The summed E-state index contributed by atoms with van der Waals surface area (Å²) in [5, 5.41) is 20.6. The molecule has 1 fully saturated rings. The summed E-state index contributed by atoms with van der Waals surface area (Å²) in [5.41, 5.74) is 0.352. The van der Waals surface area contributed by atoms with Gasteiger partial charge in [-0.3, -0.25) is 4.79 Å². The smallest absolute Gasteiger partial charge is 0.274 e. The topological polar surface area (TPSA) is 78.4 Å². The molecule has 1 aliphatic heterocycles. The van der Waals surface area contributed by atoms with Crippen molar-refractivity contribution in [3.8, 4) is 0 Å². The number of aliphatic hydroxyl groups excluding tert-OH is 1. The fourth-order valence-electron chi connectivity index (χ4n) is 2.20. The van der Waals surface area contributed by atoms with Crippen molar-refractivity contribution >= 4 is 11.7 Å². The third kappa shape index (κ3) is 3.20. The second-order valence-corrected chi connectivity index (χ2v) is 4.92. The molecule has 2 heterocycles. The molecule has 0 aliphatic carbocycles. The van der Waals surface area contributed by atoms with Crippen LogP contribution in [-0.2, 0) is 0 Å². The minimum atomic E-state index is -0.314. The van der Waals surface area contributed by atoms with Gasteiger partial charge in [0, 0.05) is 19.6 Å². The van der Waals surface area contributed by atoms with Crippen LogP contribution < -0.4 is 5.32 Å². The number of aliphatic hydroxyl groups is 1. The highest BCUT2D eigenvalue weighted by molar-refractivity contribution is 5.92. The molecule has 2 atom stereocenters. The molecule has 1 saturated heterocycles. The van der Waals surface area contributed by atoms with Crippen LogP contribution in [0, 0.1) is 5.92 Å². The summed E-state index contributed by atoms with van der Waals surface area (Å²) < 4.78 is 0. The van der Waals surface area contributed by atoms with Crippen LogP contribution in [0.15, 0.2) is 12.1 Å². The van der Waals surface area contributed by atoms with Crippen molar-refractivity contribution in [3.05, 3.63) is 17.8 Å². The van der Waals surface area contributed by atoms with Crippen molar-refractivity contribution in [1.82, 2.24) is 15.1 Å². The Balaban J connectivity index is 2.03. The van der Waals surface area contributed by atoms with Crippen LogP contribution in [0.2, 0.25) is 0 Å². The standard InChI is InChI=1S/C13H20N4O2/c1-3-14-12-5-4-10(15-16-12)13(19)17-7-6-11(18)9(2)8-17/h4-5,9,11,18H,3,6-8H2,1-2H3,(H,14,16). The number of rotatable bonds is 3. The van der Waals surface area contributed by atoms with Gasteiger partial charge in [-0.2, -0.15) is 0 Å². The van der Waals surface area contributed by atoms with Crippen molar-refractivity contribution in [1.29, 1.82) is 0 Å². The van der Waals surface area contributed by atoms with Gasteiger partial charge in [-0.25, -0.2) is 0 Å². The number of amides is 1. The molecule has 2 unspecified atom stereocenters. The number of nitrogens with zero attached hydrogens (tertiary/aromatic N) is 3. The SMILES string of the molecule is CCNc1ccc(C(=O)N2CCC(O)C(C)C2)nn1. The summed E-state index contributed by atoms with van der Waals surface area (Å²) in [5.74, 6) is 0.655. The molecule has 1 aromatic rings. The number of likely N-dealkylation sites (tertiary alicyclic amines) is 1. The minimum absolute atomic E-state index is 0.103. The van der Waals surface area contributed by atoms with Gasteiger partial charge in [-0.1, -0.05) is 6.92 Å². The lowest BCUT2D eigenvalue weighted by molar-refractivity contribution is 0.0293. The fourth-order valence-corrected chi connectivity index (χ4v) is 2.20. The van der Waals surface area contributed by atoms with E-state index in [4.69, 9.17) is 0 Å². The Morgan fingerprint density at radius 3 is 2.89 bits per heavy atom. The molecule has 19 heavy (non-hydrogen) atoms. The van der Waals surface area contributed by atoms with Gasteiger partial charge in [0.1, 0.15) is 5.82 Å². The van der Waals surface area contributed by atoms with Crippen LogP contribution in [0.1, 0.15) is 30.8 Å². The highest BCUT2D eigenvalue weighted by atomic mass is 16.3. The van der Waals surface area contributed by atoms with Gasteiger partial charge in [0.25, 0.3) is 5.91 Å². The predicted molar refractivity (Wildman–Crippen MR) is 71.9 cm³/mol. The van der Waals surface area contributed by atoms with Gasteiger partial charge in [-0.05, 0) is 31.4 Å². The minimum Gasteiger partial charge on any atom is -0.393 e. The van der Waals surface area contributed by atoms with E-state index in [-0.39, 0.29) is 17.9 Å². The summed E-state index contributed by atoms with van der Waals surface area (Å²) in [6.45, 7) is 5.83. The number of hydrogen-bond donors (Lipinski definition) is 2. The Labute approximate surface area is 112 Å². The zero-order valence-corrected chi connectivity index (χ0v) is 11.3. The monoisotopic (exact) mass is 264 g/mol. The first-order valence-corrected chi connectivity index (χ1v) is 6.66. The molecule has 2 rings (SSSR count). The highest BCUT2D eigenvalue weighted by Gasteiger charge is 2.28. The molecular weight excluding hydrogens is 244 g/mol. The Bertz CT molecular complexity index is 435. The van der Waals surface area contributed by atoms with Crippen molar-refractivity contribution in [2.75, 3.05) is 25.0 Å². The average molecular weight is 264 g/mol. The van der Waals surface area contributed by atoms with E-state index in [0.717, 1.165) is 6.54 Å². The Kier molecular flexibility index (Phi) is 4.31. The van der Waals surface area contributed by atoms with Crippen LogP contribution in [0.5, 0.6) is 0 Å². The molecule has 1 aromatic heterocycles. The number of piperidine rings is 1. The maximum absolute atomic E-state index is 12.2. The van der Waals surface area contributed by atoms with Crippen LogP contribution >= 0.6 is 0 Å². The Hall–Kier alpha value is -1.69. The van der Waals surface area contributed by atoms with Crippen molar-refractivity contribution in [3.63, 3.8) is 0 Å². The molecule has 1 amide bonds. The Morgan fingerprint density at radius 2 is 2.32 bits per heavy atom. The fraction of sp³-hybridized carbons (Fsp3) is 0.615. The van der Waals surface area contributed by atoms with Gasteiger partial charge in [-0.15, -0.1) is 10.2 Å². The number of hydrogen-bond acceptors (Lipinski definition) is 5. The zero-order chi connectivity index (χ0) is 13.8. The molecule has 104 valence electrons. The summed E-state index contributed by atoms with van der Waals surface area (Å²) in [7, 11) is 0. The molecule has 0 bridgehead atoms. The van der Waals surface area contributed by atoms with E-state index >= 15 is 0 Å². The maximum atomic E-state index is 12.2. The summed E-state index contributed by atoms with van der Waals surface area (Å²) in [6.07, 6.45) is 0.307. The molecule has 6 nitrogen and oxygen atoms in total. The van der Waals surface area contributed by atoms with Gasteiger partial charge in [0.15, 0.2) is 5.69 Å². The van der Waals surface area contributed by atoms with E-state index < -0.39 is 0 Å². The van der Waals surface area contributed by atoms with E-state index in [1.807, 2.05) is 13.8 Å². The van der Waals surface area contributed by atoms with Gasteiger partial charge in [0.05, 0.1) is 6.10 Å². The third-order valence-electron chi connectivity index (χ3n) is 3.39. The normalized spacial score (nSPS) is 23.2. The molecule has 6 heteroatoms. The second kappa shape index (κ2) is 5.97. The molecule has 2 N–H and O–H groups in total. The molecule has 0 saturated carbocycles. The highest BCUT2D eigenvalue weighted by Crippen LogP contribution is 2.18. The predicted octanol–water partition coefficient (Wildman–Crippen LogP) is 0.751. The molecule has 0 aromatic carbocycles. The first kappa shape index (κ1) is 13.7. The summed E-state index contributed by atoms with van der Waals surface area (Å²) >= 11 is 0. The molecule has 0 spiro atoms. The van der Waals surface area contributed by atoms with Crippen LogP contribution in [0.4, 0.5) is 5.82 Å². The van der Waals surface area contributed by atoms with E-state index in [2.05, 4.69) is 15.5 Å². The zero-order valence-electron chi connectivity index (χ0n) is 11.3. The van der Waals surface area contributed by atoms with E-state index in [1.54, 1.807) is 17.0 Å². The number of anilines is 1. The van der Waals surface area contributed by atoms with E-state index in [9.17, 15) is 9.90 Å². The first-order valence-electron chi connectivity index (χ1n) is 6.66. The first-order chi connectivity index (χ1) is 9.11. The lowest BCUT2D eigenvalue weighted by Gasteiger charge is -2.34. The molecule has 1 aliphatic rings. The van der Waals surface area contributed by atoms with E-state index in [0.29, 0.717) is 31.0 Å². The Morgan fingerprint density at radius 1 is 1.53 bits per heavy atom. The molecular formula is C13H20N4O2. The average Bonchev–Trinajstić information content (AvgIpc) is 2.42. The van der Waals surface area contributed by atoms with Crippen molar-refractivity contribution < 1.29 is 9.90 Å². The van der Waals surface area contributed by atoms with Gasteiger partial charge in [0.2, 0.25) is 0 Å². The maximum Gasteiger partial charge on any atom is 0.274 e. The quantitative estimate of drug-likeness (QED) is 0.842. The summed E-state index contributed by atoms with van der Waals surface area (Å²) in [6, 6.07) is 3.44. The lowest BCUT2D eigenvalue weighted by atomic mass is 9.96. The second-order valence-electron chi connectivity index (χ2n) is 4.92. The largest absolute Gasteiger partial charge is 0.393 e. The van der Waals surface area contributed by atoms with Crippen LogP contribution in [0.3, 0.4) is 0 Å². The number of aromatic nitrogens is 2. The van der Waals surface area contributed by atoms with Gasteiger partial charge < -0.3 is 15.3 Å². The van der Waals surface area contributed by atoms with Gasteiger partial charge >= 0.3 is 0 Å². The van der Waals surface area contributed by atoms with Crippen molar-refractivity contribution in [2.45, 2.75) is 26.4 Å². The lowest BCUT2D eigenvalue weighted by Crippen LogP contribution is -2.45. The number of carbonyl (C=O) groups excluding carboxylic acids is 1. The van der Waals surface area contributed by atoms with Crippen molar-refractivity contribution in [2.24, 2.45) is 5.92 Å². The van der Waals surface area contributed by atoms with Crippen LogP contribution in [-0.4, -0.2) is 51.8 Å². The number of nitrogens with one attached hydrogen (secondary N) is 1. The molecule has 0 radical (unpaired) electrons.